The van der Waals surface area contributed by atoms with Crippen LogP contribution in [0.3, 0.4) is 0 Å². The van der Waals surface area contributed by atoms with Gasteiger partial charge in [-0.15, -0.1) is 0 Å². The first-order valence-electron chi connectivity index (χ1n) is 5.75. The lowest BCUT2D eigenvalue weighted by Gasteiger charge is -2.23. The molecule has 0 saturated heterocycles. The minimum absolute atomic E-state index is 0.317. The fraction of sp³-hybridized carbons (Fsp3) is 0.231. The fourth-order valence-corrected chi connectivity index (χ4v) is 1.99. The van der Waals surface area contributed by atoms with Gasteiger partial charge in [-0.05, 0) is 6.07 Å². The first-order chi connectivity index (χ1) is 8.86. The minimum Gasteiger partial charge on any atom is -0.486 e. The molecule has 5 heteroatoms. The number of hydrogen-bond acceptors (Lipinski definition) is 5. The Hall–Kier alpha value is -2.14. The molecule has 1 aromatic carbocycles. The smallest absolute Gasteiger partial charge is 0.166 e. The van der Waals surface area contributed by atoms with Crippen molar-refractivity contribution in [2.75, 3.05) is 13.2 Å². The Morgan fingerprint density at radius 2 is 1.89 bits per heavy atom. The van der Waals surface area contributed by atoms with E-state index < -0.39 is 0 Å². The third-order valence-corrected chi connectivity index (χ3v) is 2.87. The summed E-state index contributed by atoms with van der Waals surface area (Å²) >= 11 is 0. The second kappa shape index (κ2) is 4.62. The van der Waals surface area contributed by atoms with E-state index in [0.29, 0.717) is 13.2 Å². The number of ether oxygens (including phenoxy) is 2. The summed E-state index contributed by atoms with van der Waals surface area (Å²) < 4.78 is 11.2. The van der Waals surface area contributed by atoms with Gasteiger partial charge in [0.15, 0.2) is 11.5 Å². The quantitative estimate of drug-likeness (QED) is 0.860. The van der Waals surface area contributed by atoms with Crippen molar-refractivity contribution in [1.29, 1.82) is 0 Å². The van der Waals surface area contributed by atoms with Crippen molar-refractivity contribution in [3.63, 3.8) is 0 Å². The van der Waals surface area contributed by atoms with E-state index in [1.165, 1.54) is 6.33 Å². The minimum atomic E-state index is -0.317. The molecule has 1 aliphatic rings. The lowest BCUT2D eigenvalue weighted by atomic mass is 10.0. The average molecular weight is 243 g/mol. The van der Waals surface area contributed by atoms with E-state index >= 15 is 0 Å². The molecule has 2 aromatic rings. The summed E-state index contributed by atoms with van der Waals surface area (Å²) in [7, 11) is 0. The number of rotatable bonds is 2. The van der Waals surface area contributed by atoms with Crippen LogP contribution in [0.15, 0.2) is 36.9 Å². The molecule has 0 spiro atoms. The van der Waals surface area contributed by atoms with Crippen molar-refractivity contribution < 1.29 is 9.47 Å². The third kappa shape index (κ3) is 1.89. The molecule has 1 aliphatic heterocycles. The van der Waals surface area contributed by atoms with E-state index in [0.717, 1.165) is 22.6 Å². The van der Waals surface area contributed by atoms with E-state index in [9.17, 15) is 0 Å². The van der Waals surface area contributed by atoms with E-state index in [-0.39, 0.29) is 6.04 Å². The Bertz CT molecular complexity index is 545. The lowest BCUT2D eigenvalue weighted by molar-refractivity contribution is 0.169. The van der Waals surface area contributed by atoms with Crippen LogP contribution >= 0.6 is 0 Å². The van der Waals surface area contributed by atoms with Gasteiger partial charge in [0, 0.05) is 23.5 Å². The first kappa shape index (κ1) is 11.0. The van der Waals surface area contributed by atoms with Gasteiger partial charge in [0.05, 0.1) is 6.04 Å². The van der Waals surface area contributed by atoms with Gasteiger partial charge in [-0.1, -0.05) is 12.1 Å². The molecule has 1 unspecified atom stereocenters. The Labute approximate surface area is 105 Å². The zero-order valence-electron chi connectivity index (χ0n) is 9.74. The maximum absolute atomic E-state index is 6.22. The number of benzene rings is 1. The topological polar surface area (TPSA) is 70.3 Å². The van der Waals surface area contributed by atoms with Gasteiger partial charge >= 0.3 is 0 Å². The summed E-state index contributed by atoms with van der Waals surface area (Å²) in [5, 5.41) is 0. The SMILES string of the molecule is NC(c1cncnc1)c1cccc2c1OCCO2. The Kier molecular flexibility index (Phi) is 2.82. The van der Waals surface area contributed by atoms with Crippen LogP contribution in [0.25, 0.3) is 0 Å². The molecule has 92 valence electrons. The normalized spacial score (nSPS) is 15.2. The Balaban J connectivity index is 2.02. The fourth-order valence-electron chi connectivity index (χ4n) is 1.99. The van der Waals surface area contributed by atoms with Crippen LogP contribution in [0, 0.1) is 0 Å². The van der Waals surface area contributed by atoms with Crippen molar-refractivity contribution in [3.8, 4) is 11.5 Å². The summed E-state index contributed by atoms with van der Waals surface area (Å²) in [5.41, 5.74) is 7.96. The number of fused-ring (bicyclic) bond motifs is 1. The van der Waals surface area contributed by atoms with Gasteiger partial charge in [-0.2, -0.15) is 0 Å². The molecule has 2 heterocycles. The zero-order valence-corrected chi connectivity index (χ0v) is 9.74. The number of hydrogen-bond donors (Lipinski definition) is 1. The van der Waals surface area contributed by atoms with E-state index in [1.54, 1.807) is 12.4 Å². The van der Waals surface area contributed by atoms with E-state index in [4.69, 9.17) is 15.2 Å². The van der Waals surface area contributed by atoms with Crippen LogP contribution in [0.2, 0.25) is 0 Å². The summed E-state index contributed by atoms with van der Waals surface area (Å²) in [4.78, 5) is 7.96. The average Bonchev–Trinajstić information content (AvgIpc) is 2.47. The standard InChI is InChI=1S/C13H13N3O2/c14-12(9-6-15-8-16-7-9)10-2-1-3-11-13(10)18-5-4-17-11/h1-3,6-8,12H,4-5,14H2. The van der Waals surface area contributed by atoms with Crippen molar-refractivity contribution in [2.45, 2.75) is 6.04 Å². The van der Waals surface area contributed by atoms with Gasteiger partial charge in [0.2, 0.25) is 0 Å². The van der Waals surface area contributed by atoms with Crippen LogP contribution < -0.4 is 15.2 Å². The second-order valence-electron chi connectivity index (χ2n) is 4.02. The van der Waals surface area contributed by atoms with Gasteiger partial charge in [0.1, 0.15) is 19.5 Å². The van der Waals surface area contributed by atoms with Crippen molar-refractivity contribution in [3.05, 3.63) is 48.0 Å². The highest BCUT2D eigenvalue weighted by molar-refractivity contribution is 5.50. The summed E-state index contributed by atoms with van der Waals surface area (Å²) in [6.07, 6.45) is 4.90. The molecule has 18 heavy (non-hydrogen) atoms. The van der Waals surface area contributed by atoms with Gasteiger partial charge in [-0.3, -0.25) is 0 Å². The number of para-hydroxylation sites is 1. The van der Waals surface area contributed by atoms with Crippen LogP contribution in [0.5, 0.6) is 11.5 Å². The molecule has 5 nitrogen and oxygen atoms in total. The molecule has 3 rings (SSSR count). The number of nitrogens with two attached hydrogens (primary N) is 1. The summed E-state index contributed by atoms with van der Waals surface area (Å²) in [5.74, 6) is 1.46. The monoisotopic (exact) mass is 243 g/mol. The number of aromatic nitrogens is 2. The Morgan fingerprint density at radius 3 is 2.72 bits per heavy atom. The molecule has 0 amide bonds. The molecular weight excluding hydrogens is 230 g/mol. The third-order valence-electron chi connectivity index (χ3n) is 2.87. The molecule has 0 fully saturated rings. The van der Waals surface area contributed by atoms with Crippen LogP contribution in [0.4, 0.5) is 0 Å². The Morgan fingerprint density at radius 1 is 1.11 bits per heavy atom. The van der Waals surface area contributed by atoms with Crippen molar-refractivity contribution >= 4 is 0 Å². The van der Waals surface area contributed by atoms with Crippen LogP contribution in [0.1, 0.15) is 17.2 Å². The number of nitrogens with zero attached hydrogens (tertiary/aromatic N) is 2. The largest absolute Gasteiger partial charge is 0.486 e. The second-order valence-corrected chi connectivity index (χ2v) is 4.02. The predicted molar refractivity (Wildman–Crippen MR) is 65.5 cm³/mol. The predicted octanol–water partition coefficient (Wildman–Crippen LogP) is 1.30. The first-order valence-corrected chi connectivity index (χ1v) is 5.75. The summed E-state index contributed by atoms with van der Waals surface area (Å²) in [6, 6.07) is 5.41. The van der Waals surface area contributed by atoms with E-state index in [1.807, 2.05) is 18.2 Å². The summed E-state index contributed by atoms with van der Waals surface area (Å²) in [6.45, 7) is 1.11. The van der Waals surface area contributed by atoms with Gasteiger partial charge in [0.25, 0.3) is 0 Å². The molecule has 0 radical (unpaired) electrons. The molecule has 2 N–H and O–H groups in total. The van der Waals surface area contributed by atoms with Crippen molar-refractivity contribution in [1.82, 2.24) is 9.97 Å². The van der Waals surface area contributed by atoms with Gasteiger partial charge < -0.3 is 15.2 Å². The highest BCUT2D eigenvalue weighted by Gasteiger charge is 2.20. The molecule has 0 saturated carbocycles. The maximum Gasteiger partial charge on any atom is 0.166 e. The maximum atomic E-state index is 6.22. The zero-order chi connectivity index (χ0) is 12.4. The van der Waals surface area contributed by atoms with E-state index in [2.05, 4.69) is 9.97 Å². The van der Waals surface area contributed by atoms with Gasteiger partial charge in [-0.25, -0.2) is 9.97 Å². The van der Waals surface area contributed by atoms with Crippen LogP contribution in [-0.2, 0) is 0 Å². The molecule has 1 aromatic heterocycles. The lowest BCUT2D eigenvalue weighted by Crippen LogP contribution is -2.20. The molecular formula is C13H13N3O2. The molecule has 0 bridgehead atoms. The van der Waals surface area contributed by atoms with Crippen LogP contribution in [-0.4, -0.2) is 23.2 Å². The highest BCUT2D eigenvalue weighted by Crippen LogP contribution is 2.37. The highest BCUT2D eigenvalue weighted by atomic mass is 16.6. The van der Waals surface area contributed by atoms with Crippen molar-refractivity contribution in [2.24, 2.45) is 5.73 Å². The molecule has 1 atom stereocenters. The molecule has 0 aliphatic carbocycles.